The Bertz CT molecular complexity index is 753. The molecule has 0 spiro atoms. The molecule has 0 aliphatic heterocycles. The van der Waals surface area contributed by atoms with E-state index < -0.39 is 0 Å². The number of benzene rings is 2. The number of aryl methyl sites for hydroxylation is 3. The maximum absolute atomic E-state index is 14.3. The highest BCUT2D eigenvalue weighted by molar-refractivity contribution is 5.72. The lowest BCUT2D eigenvalue weighted by molar-refractivity contribution is -0.134. The number of halogens is 1. The van der Waals surface area contributed by atoms with Crippen LogP contribution in [0.5, 0.6) is 11.5 Å². The highest BCUT2D eigenvalue weighted by Gasteiger charge is 2.14. The minimum atomic E-state index is -0.372. The highest BCUT2D eigenvalue weighted by atomic mass is 19.1. The molecule has 0 atom stereocenters. The van der Waals surface area contributed by atoms with E-state index in [9.17, 15) is 9.18 Å². The van der Waals surface area contributed by atoms with Gasteiger partial charge in [-0.3, -0.25) is 4.79 Å². The zero-order valence-corrected chi connectivity index (χ0v) is 15.3. The summed E-state index contributed by atoms with van der Waals surface area (Å²) in [6, 6.07) is 8.80. The summed E-state index contributed by atoms with van der Waals surface area (Å²) < 4.78 is 25.4. The predicted molar refractivity (Wildman–Crippen MR) is 96.6 cm³/mol. The van der Waals surface area contributed by atoms with E-state index in [2.05, 4.69) is 0 Å². The quantitative estimate of drug-likeness (QED) is 0.514. The van der Waals surface area contributed by atoms with Crippen molar-refractivity contribution in [2.24, 2.45) is 0 Å². The van der Waals surface area contributed by atoms with Gasteiger partial charge in [-0.15, -0.1) is 0 Å². The molecular formula is C21H25FO3. The third kappa shape index (κ3) is 4.59. The second kappa shape index (κ2) is 8.65. The molecule has 0 aromatic heterocycles. The van der Waals surface area contributed by atoms with Crippen LogP contribution >= 0.6 is 0 Å². The van der Waals surface area contributed by atoms with E-state index in [-0.39, 0.29) is 24.1 Å². The third-order valence-corrected chi connectivity index (χ3v) is 4.27. The van der Waals surface area contributed by atoms with Crippen molar-refractivity contribution in [1.82, 2.24) is 0 Å². The number of hydrogen-bond acceptors (Lipinski definition) is 3. The standard InChI is InChI=1S/C21H25FO3/c1-5-15-9-8-10-19(25-21(23)7-3)17(15)13-24-20-11-14(4)16(6-2)12-18(20)22/h8-12H,5-7,13H2,1-4H3. The molecule has 2 rings (SSSR count). The van der Waals surface area contributed by atoms with E-state index in [1.54, 1.807) is 19.1 Å². The fourth-order valence-electron chi connectivity index (χ4n) is 2.73. The van der Waals surface area contributed by atoms with Crippen molar-refractivity contribution in [2.45, 2.75) is 53.6 Å². The lowest BCUT2D eigenvalue weighted by atomic mass is 10.0. The number of carbonyl (C=O) groups is 1. The van der Waals surface area contributed by atoms with Gasteiger partial charge in [0.05, 0.1) is 0 Å². The Morgan fingerprint density at radius 2 is 1.76 bits per heavy atom. The summed E-state index contributed by atoms with van der Waals surface area (Å²) in [6.45, 7) is 7.85. The summed E-state index contributed by atoms with van der Waals surface area (Å²) in [5.74, 6) is 0.0224. The van der Waals surface area contributed by atoms with Crippen molar-refractivity contribution in [1.29, 1.82) is 0 Å². The van der Waals surface area contributed by atoms with Crippen LogP contribution in [0.2, 0.25) is 0 Å². The van der Waals surface area contributed by atoms with Crippen molar-refractivity contribution in [3.05, 3.63) is 58.4 Å². The van der Waals surface area contributed by atoms with Crippen LogP contribution in [0.25, 0.3) is 0 Å². The number of ether oxygens (including phenoxy) is 2. The summed E-state index contributed by atoms with van der Waals surface area (Å²) in [7, 11) is 0. The molecule has 0 fully saturated rings. The second-order valence-electron chi connectivity index (χ2n) is 5.93. The van der Waals surface area contributed by atoms with Crippen molar-refractivity contribution < 1.29 is 18.7 Å². The minimum absolute atomic E-state index is 0.151. The SMILES string of the molecule is CCC(=O)Oc1cccc(CC)c1COc1cc(C)c(CC)cc1F. The normalized spacial score (nSPS) is 10.6. The van der Waals surface area contributed by atoms with Crippen molar-refractivity contribution in [2.75, 3.05) is 0 Å². The van der Waals surface area contributed by atoms with Gasteiger partial charge >= 0.3 is 5.97 Å². The molecule has 3 nitrogen and oxygen atoms in total. The summed E-state index contributed by atoms with van der Waals surface area (Å²) in [5, 5.41) is 0. The highest BCUT2D eigenvalue weighted by Crippen LogP contribution is 2.28. The van der Waals surface area contributed by atoms with Gasteiger partial charge in [-0.1, -0.05) is 32.9 Å². The van der Waals surface area contributed by atoms with E-state index in [1.807, 2.05) is 32.9 Å². The minimum Gasteiger partial charge on any atom is -0.486 e. The number of rotatable bonds is 7. The number of hydrogen-bond donors (Lipinski definition) is 0. The summed E-state index contributed by atoms with van der Waals surface area (Å²) >= 11 is 0. The smallest absolute Gasteiger partial charge is 0.310 e. The number of carbonyl (C=O) groups excluding carboxylic acids is 1. The zero-order valence-electron chi connectivity index (χ0n) is 15.3. The zero-order chi connectivity index (χ0) is 18.4. The molecule has 2 aromatic carbocycles. The van der Waals surface area contributed by atoms with Crippen LogP contribution in [0.4, 0.5) is 4.39 Å². The van der Waals surface area contributed by atoms with Gasteiger partial charge < -0.3 is 9.47 Å². The molecule has 134 valence electrons. The second-order valence-corrected chi connectivity index (χ2v) is 5.93. The lowest BCUT2D eigenvalue weighted by Gasteiger charge is -2.16. The van der Waals surface area contributed by atoms with E-state index in [0.717, 1.165) is 35.1 Å². The Balaban J connectivity index is 2.28. The molecule has 0 radical (unpaired) electrons. The van der Waals surface area contributed by atoms with E-state index >= 15 is 0 Å². The average molecular weight is 344 g/mol. The van der Waals surface area contributed by atoms with Crippen LogP contribution < -0.4 is 9.47 Å². The number of esters is 1. The van der Waals surface area contributed by atoms with Crippen LogP contribution in [0.3, 0.4) is 0 Å². The Morgan fingerprint density at radius 1 is 1.04 bits per heavy atom. The Labute approximate surface area is 148 Å². The molecular weight excluding hydrogens is 319 g/mol. The van der Waals surface area contributed by atoms with E-state index in [1.165, 1.54) is 6.07 Å². The first-order valence-electron chi connectivity index (χ1n) is 8.73. The topological polar surface area (TPSA) is 35.5 Å². The summed E-state index contributed by atoms with van der Waals surface area (Å²) in [4.78, 5) is 11.7. The van der Waals surface area contributed by atoms with Gasteiger partial charge in [-0.2, -0.15) is 0 Å². The first kappa shape index (κ1) is 19.0. The molecule has 0 aliphatic rings. The molecule has 25 heavy (non-hydrogen) atoms. The van der Waals surface area contributed by atoms with Gasteiger partial charge in [0, 0.05) is 12.0 Å². The summed E-state index contributed by atoms with van der Waals surface area (Å²) in [6.07, 6.45) is 1.84. The van der Waals surface area contributed by atoms with Crippen molar-refractivity contribution in [3.8, 4) is 11.5 Å². The van der Waals surface area contributed by atoms with Crippen LogP contribution in [0.15, 0.2) is 30.3 Å². The predicted octanol–water partition coefficient (Wildman–Crippen LogP) is 5.15. The Hall–Kier alpha value is -2.36. The first-order valence-corrected chi connectivity index (χ1v) is 8.73. The van der Waals surface area contributed by atoms with Crippen LogP contribution in [0.1, 0.15) is 49.4 Å². The molecule has 0 bridgehead atoms. The van der Waals surface area contributed by atoms with Crippen LogP contribution in [-0.4, -0.2) is 5.97 Å². The maximum atomic E-state index is 14.3. The Morgan fingerprint density at radius 3 is 2.40 bits per heavy atom. The fourth-order valence-corrected chi connectivity index (χ4v) is 2.73. The monoisotopic (exact) mass is 344 g/mol. The molecule has 0 heterocycles. The largest absolute Gasteiger partial charge is 0.486 e. The van der Waals surface area contributed by atoms with Gasteiger partial charge in [0.15, 0.2) is 11.6 Å². The fraction of sp³-hybridized carbons (Fsp3) is 0.381. The molecule has 0 aliphatic carbocycles. The van der Waals surface area contributed by atoms with Crippen molar-refractivity contribution >= 4 is 5.97 Å². The molecule has 4 heteroatoms. The molecule has 0 saturated heterocycles. The van der Waals surface area contributed by atoms with Crippen LogP contribution in [-0.2, 0) is 24.2 Å². The van der Waals surface area contributed by atoms with Gasteiger partial charge in [0.1, 0.15) is 12.4 Å². The van der Waals surface area contributed by atoms with E-state index in [4.69, 9.17) is 9.47 Å². The maximum Gasteiger partial charge on any atom is 0.310 e. The average Bonchev–Trinajstić information content (AvgIpc) is 2.62. The third-order valence-electron chi connectivity index (χ3n) is 4.27. The van der Waals surface area contributed by atoms with Gasteiger partial charge in [-0.25, -0.2) is 4.39 Å². The van der Waals surface area contributed by atoms with Gasteiger partial charge in [0.25, 0.3) is 0 Å². The molecule has 0 saturated carbocycles. The van der Waals surface area contributed by atoms with Gasteiger partial charge in [-0.05, 0) is 54.7 Å². The molecule has 0 N–H and O–H groups in total. The van der Waals surface area contributed by atoms with E-state index in [0.29, 0.717) is 12.2 Å². The van der Waals surface area contributed by atoms with Crippen molar-refractivity contribution in [3.63, 3.8) is 0 Å². The van der Waals surface area contributed by atoms with Crippen LogP contribution in [0, 0.1) is 12.7 Å². The molecule has 2 aromatic rings. The van der Waals surface area contributed by atoms with Gasteiger partial charge in [0.2, 0.25) is 0 Å². The molecule has 0 unspecified atom stereocenters. The summed E-state index contributed by atoms with van der Waals surface area (Å²) in [5.41, 5.74) is 3.77. The molecule has 0 amide bonds. The Kier molecular flexibility index (Phi) is 6.57. The lowest BCUT2D eigenvalue weighted by Crippen LogP contribution is -2.10. The first-order chi connectivity index (χ1) is 12.0.